The molecule has 6 heteroatoms. The van der Waals surface area contributed by atoms with Crippen LogP contribution in [0.4, 0.5) is 0 Å². The Kier molecular flexibility index (Phi) is 5.14. The monoisotopic (exact) mass is 304 g/mol. The van der Waals surface area contributed by atoms with Gasteiger partial charge in [-0.1, -0.05) is 30.3 Å². The van der Waals surface area contributed by atoms with Crippen LogP contribution >= 0.6 is 0 Å². The fourth-order valence-corrected chi connectivity index (χ4v) is 2.51. The molecule has 2 rings (SSSR count). The summed E-state index contributed by atoms with van der Waals surface area (Å²) in [6.07, 6.45) is 0.925. The molecule has 1 fully saturated rings. The van der Waals surface area contributed by atoms with Crippen molar-refractivity contribution in [1.82, 2.24) is 10.2 Å². The van der Waals surface area contributed by atoms with Crippen molar-refractivity contribution in [3.63, 3.8) is 0 Å². The lowest BCUT2D eigenvalue weighted by molar-refractivity contribution is -0.144. The summed E-state index contributed by atoms with van der Waals surface area (Å²) in [5.74, 6) is -1.95. The van der Waals surface area contributed by atoms with Crippen molar-refractivity contribution < 1.29 is 19.5 Å². The summed E-state index contributed by atoms with van der Waals surface area (Å²) >= 11 is 0. The lowest BCUT2D eigenvalue weighted by Gasteiger charge is -2.28. The summed E-state index contributed by atoms with van der Waals surface area (Å²) in [6, 6.07) is 8.16. The lowest BCUT2D eigenvalue weighted by Crippen LogP contribution is -2.48. The number of carbonyl (C=O) groups is 3. The predicted octanol–water partition coefficient (Wildman–Crippen LogP) is 0.667. The normalized spacial score (nSPS) is 19.6. The van der Waals surface area contributed by atoms with Gasteiger partial charge in [0.1, 0.15) is 6.04 Å². The maximum absolute atomic E-state index is 12.2. The van der Waals surface area contributed by atoms with Crippen LogP contribution in [0.2, 0.25) is 0 Å². The Labute approximate surface area is 129 Å². The Morgan fingerprint density at radius 1 is 1.36 bits per heavy atom. The maximum Gasteiger partial charge on any atom is 0.326 e. The molecule has 1 aliphatic heterocycles. The molecule has 22 heavy (non-hydrogen) atoms. The van der Waals surface area contributed by atoms with Crippen molar-refractivity contribution in [1.29, 1.82) is 0 Å². The minimum Gasteiger partial charge on any atom is -0.480 e. The molecule has 0 aliphatic carbocycles. The van der Waals surface area contributed by atoms with E-state index in [1.807, 2.05) is 30.3 Å². The number of nitrogens with zero attached hydrogens (tertiary/aromatic N) is 1. The quantitative estimate of drug-likeness (QED) is 0.837. The van der Waals surface area contributed by atoms with Crippen LogP contribution in [-0.2, 0) is 20.8 Å². The molecule has 1 saturated heterocycles. The van der Waals surface area contributed by atoms with Gasteiger partial charge in [0.2, 0.25) is 11.8 Å². The van der Waals surface area contributed by atoms with Gasteiger partial charge in [0.05, 0.1) is 0 Å². The molecule has 1 heterocycles. The first-order chi connectivity index (χ1) is 10.5. The smallest absolute Gasteiger partial charge is 0.326 e. The van der Waals surface area contributed by atoms with Crippen LogP contribution in [0.15, 0.2) is 30.3 Å². The Bertz CT molecular complexity index is 559. The molecule has 0 aromatic heterocycles. The van der Waals surface area contributed by atoms with Gasteiger partial charge in [0, 0.05) is 32.4 Å². The summed E-state index contributed by atoms with van der Waals surface area (Å²) in [5.41, 5.74) is 0.842. The number of piperidine rings is 1. The van der Waals surface area contributed by atoms with E-state index in [1.165, 1.54) is 0 Å². The van der Waals surface area contributed by atoms with Crippen molar-refractivity contribution in [3.05, 3.63) is 35.9 Å². The topological polar surface area (TPSA) is 86.7 Å². The summed E-state index contributed by atoms with van der Waals surface area (Å²) in [7, 11) is 1.70. The number of carbonyl (C=O) groups excluding carboxylic acids is 2. The fraction of sp³-hybridized carbons (Fsp3) is 0.438. The third-order valence-corrected chi connectivity index (χ3v) is 3.93. The van der Waals surface area contributed by atoms with Crippen LogP contribution in [0.3, 0.4) is 0 Å². The highest BCUT2D eigenvalue weighted by molar-refractivity contribution is 5.89. The lowest BCUT2D eigenvalue weighted by atomic mass is 9.95. The first-order valence-corrected chi connectivity index (χ1v) is 7.28. The van der Waals surface area contributed by atoms with Crippen molar-refractivity contribution in [3.8, 4) is 0 Å². The average molecular weight is 304 g/mol. The molecule has 1 aromatic rings. The highest BCUT2D eigenvalue weighted by Crippen LogP contribution is 2.17. The highest BCUT2D eigenvalue weighted by Gasteiger charge is 2.31. The van der Waals surface area contributed by atoms with Gasteiger partial charge in [-0.2, -0.15) is 0 Å². The van der Waals surface area contributed by atoms with Gasteiger partial charge < -0.3 is 15.3 Å². The molecule has 0 spiro atoms. The fourth-order valence-electron chi connectivity index (χ4n) is 2.51. The number of hydrogen-bond donors (Lipinski definition) is 2. The Balaban J connectivity index is 1.97. The SMILES string of the molecule is CN1CC[C@@H](C(=O)N[C@H](Cc2ccccc2)C(=O)O)CC1=O. The summed E-state index contributed by atoms with van der Waals surface area (Å²) < 4.78 is 0. The summed E-state index contributed by atoms with van der Waals surface area (Å²) in [6.45, 7) is 0.521. The Morgan fingerprint density at radius 3 is 2.64 bits per heavy atom. The van der Waals surface area contributed by atoms with Gasteiger partial charge in [-0.05, 0) is 12.0 Å². The zero-order valence-corrected chi connectivity index (χ0v) is 12.5. The van der Waals surface area contributed by atoms with E-state index in [0.29, 0.717) is 13.0 Å². The Morgan fingerprint density at radius 2 is 2.05 bits per heavy atom. The van der Waals surface area contributed by atoms with Gasteiger partial charge in [0.25, 0.3) is 0 Å². The van der Waals surface area contributed by atoms with Crippen molar-refractivity contribution in [2.45, 2.75) is 25.3 Å². The second kappa shape index (κ2) is 7.06. The van der Waals surface area contributed by atoms with E-state index in [4.69, 9.17) is 0 Å². The van der Waals surface area contributed by atoms with E-state index in [9.17, 15) is 19.5 Å². The molecule has 0 radical (unpaired) electrons. The van der Waals surface area contributed by atoms with E-state index >= 15 is 0 Å². The number of amides is 2. The third-order valence-electron chi connectivity index (χ3n) is 3.93. The second-order valence-corrected chi connectivity index (χ2v) is 5.59. The molecule has 0 unspecified atom stereocenters. The molecule has 6 nitrogen and oxygen atoms in total. The molecule has 1 aliphatic rings. The average Bonchev–Trinajstić information content (AvgIpc) is 2.50. The van der Waals surface area contributed by atoms with Crippen molar-refractivity contribution in [2.75, 3.05) is 13.6 Å². The van der Waals surface area contributed by atoms with E-state index in [1.54, 1.807) is 11.9 Å². The standard InChI is InChI=1S/C16H20N2O4/c1-18-8-7-12(10-14(18)19)15(20)17-13(16(21)22)9-11-5-3-2-4-6-11/h2-6,12-13H,7-10H2,1H3,(H,17,20)(H,21,22)/t12-,13-/m1/s1. The van der Waals surface area contributed by atoms with E-state index in [2.05, 4.69) is 5.32 Å². The number of benzene rings is 1. The molecule has 2 atom stereocenters. The molecular formula is C16H20N2O4. The molecule has 118 valence electrons. The zero-order chi connectivity index (χ0) is 16.1. The van der Waals surface area contributed by atoms with E-state index in [0.717, 1.165) is 5.56 Å². The predicted molar refractivity (Wildman–Crippen MR) is 80.1 cm³/mol. The van der Waals surface area contributed by atoms with Crippen molar-refractivity contribution in [2.24, 2.45) is 5.92 Å². The van der Waals surface area contributed by atoms with Gasteiger partial charge in [-0.3, -0.25) is 9.59 Å². The number of aliphatic carboxylic acids is 1. The molecule has 0 bridgehead atoms. The van der Waals surface area contributed by atoms with E-state index < -0.39 is 17.9 Å². The van der Waals surface area contributed by atoms with Gasteiger partial charge >= 0.3 is 5.97 Å². The summed E-state index contributed by atoms with van der Waals surface area (Å²) in [5, 5.41) is 11.8. The summed E-state index contributed by atoms with van der Waals surface area (Å²) in [4.78, 5) is 36.8. The number of carboxylic acid groups (broad SMARTS) is 1. The van der Waals surface area contributed by atoms with Crippen LogP contribution in [0.25, 0.3) is 0 Å². The number of nitrogens with one attached hydrogen (secondary N) is 1. The molecule has 2 amide bonds. The first kappa shape index (κ1) is 16.0. The first-order valence-electron chi connectivity index (χ1n) is 7.28. The van der Waals surface area contributed by atoms with Gasteiger partial charge in [-0.25, -0.2) is 4.79 Å². The minimum absolute atomic E-state index is 0.0821. The molecule has 1 aromatic carbocycles. The highest BCUT2D eigenvalue weighted by atomic mass is 16.4. The minimum atomic E-state index is -1.07. The number of likely N-dealkylation sites (tertiary alicyclic amines) is 1. The molecular weight excluding hydrogens is 284 g/mol. The third kappa shape index (κ3) is 4.07. The van der Waals surface area contributed by atoms with Crippen LogP contribution in [0, 0.1) is 5.92 Å². The molecule has 2 N–H and O–H groups in total. The molecule has 0 saturated carbocycles. The number of hydrogen-bond acceptors (Lipinski definition) is 3. The van der Waals surface area contributed by atoms with E-state index in [-0.39, 0.29) is 24.7 Å². The van der Waals surface area contributed by atoms with Crippen molar-refractivity contribution >= 4 is 17.8 Å². The van der Waals surface area contributed by atoms with Gasteiger partial charge in [0.15, 0.2) is 0 Å². The van der Waals surface area contributed by atoms with Crippen LogP contribution in [0.1, 0.15) is 18.4 Å². The zero-order valence-electron chi connectivity index (χ0n) is 12.5. The number of rotatable bonds is 5. The largest absolute Gasteiger partial charge is 0.480 e. The van der Waals surface area contributed by atoms with Gasteiger partial charge in [-0.15, -0.1) is 0 Å². The number of carboxylic acids is 1. The Hall–Kier alpha value is -2.37. The van der Waals surface area contributed by atoms with Crippen LogP contribution in [0.5, 0.6) is 0 Å². The van der Waals surface area contributed by atoms with Crippen LogP contribution < -0.4 is 5.32 Å². The van der Waals surface area contributed by atoms with Crippen LogP contribution in [-0.4, -0.2) is 47.4 Å². The second-order valence-electron chi connectivity index (χ2n) is 5.59. The maximum atomic E-state index is 12.2.